The lowest BCUT2D eigenvalue weighted by Crippen LogP contribution is -2.16. The van der Waals surface area contributed by atoms with Gasteiger partial charge in [-0.05, 0) is 13.0 Å². The molecule has 3 heteroatoms. The van der Waals surface area contributed by atoms with Crippen LogP contribution < -0.4 is 0 Å². The zero-order valence-corrected chi connectivity index (χ0v) is 6.07. The van der Waals surface area contributed by atoms with E-state index in [1.807, 2.05) is 13.0 Å². The Kier molecular flexibility index (Phi) is 0.711. The minimum atomic E-state index is -0.199. The van der Waals surface area contributed by atoms with Crippen LogP contribution in [0, 0.1) is 11.3 Å². The molecule has 0 bridgehead atoms. The van der Waals surface area contributed by atoms with Crippen molar-refractivity contribution in [3.05, 3.63) is 11.6 Å². The number of hydrogen-bond acceptors (Lipinski definition) is 3. The Hall–Kier alpha value is -0.850. The summed E-state index contributed by atoms with van der Waals surface area (Å²) in [6.45, 7) is 2.01. The summed E-state index contributed by atoms with van der Waals surface area (Å²) in [4.78, 5) is 0. The van der Waals surface area contributed by atoms with Gasteiger partial charge < -0.3 is 9.47 Å². The molecule has 2 aliphatic heterocycles. The van der Waals surface area contributed by atoms with Crippen molar-refractivity contribution in [1.82, 2.24) is 0 Å². The largest absolute Gasteiger partial charge is 0.360 e. The predicted molar refractivity (Wildman–Crippen MR) is 35.6 cm³/mol. The highest BCUT2D eigenvalue weighted by molar-refractivity contribution is 5.47. The Morgan fingerprint density at radius 3 is 2.82 bits per heavy atom. The summed E-state index contributed by atoms with van der Waals surface area (Å²) in [6, 6.07) is 2.13. The van der Waals surface area contributed by atoms with E-state index >= 15 is 0 Å². The number of ether oxygens (including phenoxy) is 2. The van der Waals surface area contributed by atoms with Crippen LogP contribution in [0.25, 0.3) is 0 Å². The Labute approximate surface area is 64.2 Å². The van der Waals surface area contributed by atoms with E-state index in [1.165, 1.54) is 0 Å². The van der Waals surface area contributed by atoms with Gasteiger partial charge in [0.25, 0.3) is 0 Å². The second-order valence-electron chi connectivity index (χ2n) is 3.30. The van der Waals surface area contributed by atoms with Gasteiger partial charge in [-0.15, -0.1) is 0 Å². The van der Waals surface area contributed by atoms with Gasteiger partial charge in [-0.2, -0.15) is 5.26 Å². The van der Waals surface area contributed by atoms with Gasteiger partial charge >= 0.3 is 0 Å². The van der Waals surface area contributed by atoms with Crippen LogP contribution in [-0.2, 0) is 9.47 Å². The van der Waals surface area contributed by atoms with Crippen molar-refractivity contribution in [2.45, 2.75) is 30.8 Å². The summed E-state index contributed by atoms with van der Waals surface area (Å²) in [5.74, 6) is 0. The van der Waals surface area contributed by atoms with Gasteiger partial charge in [-0.3, -0.25) is 0 Å². The molecule has 3 aliphatic rings. The number of rotatable bonds is 0. The van der Waals surface area contributed by atoms with Crippen LogP contribution in [0.1, 0.15) is 6.92 Å². The summed E-state index contributed by atoms with van der Waals surface area (Å²) < 4.78 is 10.7. The summed E-state index contributed by atoms with van der Waals surface area (Å²) in [7, 11) is 0. The molecule has 2 fully saturated rings. The maximum Gasteiger partial charge on any atom is 0.143 e. The van der Waals surface area contributed by atoms with Crippen molar-refractivity contribution >= 4 is 0 Å². The number of nitrogens with zero attached hydrogens (tertiary/aromatic N) is 1. The first-order valence-electron chi connectivity index (χ1n) is 3.74. The third-order valence-electron chi connectivity index (χ3n) is 2.71. The molecule has 0 N–H and O–H groups in total. The third kappa shape index (κ3) is 0.482. The molecule has 1 aliphatic carbocycles. The average Bonchev–Trinajstić information content (AvgIpc) is 2.82. The van der Waals surface area contributed by atoms with Gasteiger partial charge in [0.05, 0.1) is 17.7 Å². The molecular formula is C8H7NO2. The molecule has 4 atom stereocenters. The van der Waals surface area contributed by atoms with Gasteiger partial charge in [0.15, 0.2) is 0 Å². The molecule has 1 spiro atoms. The monoisotopic (exact) mass is 149 g/mol. The SMILES string of the molecule is C[C@H]1O[C@]12C=C(C#N)[C@H]1O[C@H]12. The average molecular weight is 149 g/mol. The highest BCUT2D eigenvalue weighted by Crippen LogP contribution is 2.57. The maximum atomic E-state index is 8.66. The van der Waals surface area contributed by atoms with Crippen molar-refractivity contribution in [2.24, 2.45) is 0 Å². The van der Waals surface area contributed by atoms with Gasteiger partial charge in [-0.1, -0.05) is 0 Å². The van der Waals surface area contributed by atoms with E-state index in [0.717, 1.165) is 5.57 Å². The van der Waals surface area contributed by atoms with Crippen molar-refractivity contribution in [1.29, 1.82) is 5.26 Å². The number of fused-ring (bicyclic) bond motifs is 2. The van der Waals surface area contributed by atoms with Crippen LogP contribution in [0.5, 0.6) is 0 Å². The van der Waals surface area contributed by atoms with E-state index < -0.39 is 0 Å². The van der Waals surface area contributed by atoms with Gasteiger partial charge in [0.2, 0.25) is 0 Å². The fourth-order valence-electron chi connectivity index (χ4n) is 1.92. The third-order valence-corrected chi connectivity index (χ3v) is 2.71. The topological polar surface area (TPSA) is 48.9 Å². The van der Waals surface area contributed by atoms with Crippen molar-refractivity contribution in [3.63, 3.8) is 0 Å². The molecule has 0 unspecified atom stereocenters. The number of nitriles is 1. The molecule has 2 saturated heterocycles. The van der Waals surface area contributed by atoms with E-state index in [2.05, 4.69) is 6.07 Å². The molecule has 3 nitrogen and oxygen atoms in total. The Morgan fingerprint density at radius 2 is 2.45 bits per heavy atom. The zero-order valence-electron chi connectivity index (χ0n) is 6.07. The first-order chi connectivity index (χ1) is 5.28. The van der Waals surface area contributed by atoms with Crippen molar-refractivity contribution < 1.29 is 9.47 Å². The van der Waals surface area contributed by atoms with Crippen molar-refractivity contribution in [3.8, 4) is 6.07 Å². The molecule has 11 heavy (non-hydrogen) atoms. The minimum Gasteiger partial charge on any atom is -0.360 e. The van der Waals surface area contributed by atoms with Crippen LogP contribution in [0.2, 0.25) is 0 Å². The quantitative estimate of drug-likeness (QED) is 0.467. The summed E-state index contributed by atoms with van der Waals surface area (Å²) in [6.07, 6.45) is 2.39. The lowest BCUT2D eigenvalue weighted by Gasteiger charge is -1.96. The molecule has 0 aromatic carbocycles. The van der Waals surface area contributed by atoms with E-state index in [4.69, 9.17) is 14.7 Å². The van der Waals surface area contributed by atoms with Crippen LogP contribution in [0.3, 0.4) is 0 Å². The van der Waals surface area contributed by atoms with E-state index in [0.29, 0.717) is 0 Å². The van der Waals surface area contributed by atoms with E-state index in [1.54, 1.807) is 0 Å². The molecule has 0 saturated carbocycles. The Balaban J connectivity index is 2.03. The van der Waals surface area contributed by atoms with Gasteiger partial charge in [0.1, 0.15) is 17.8 Å². The molecule has 2 heterocycles. The molecule has 0 aromatic heterocycles. The van der Waals surface area contributed by atoms with Gasteiger partial charge in [0, 0.05) is 0 Å². The number of epoxide rings is 2. The Morgan fingerprint density at radius 1 is 1.73 bits per heavy atom. The maximum absolute atomic E-state index is 8.66. The van der Waals surface area contributed by atoms with Crippen LogP contribution in [0.15, 0.2) is 11.6 Å². The highest BCUT2D eigenvalue weighted by Gasteiger charge is 2.72. The smallest absolute Gasteiger partial charge is 0.143 e. The van der Waals surface area contributed by atoms with Crippen molar-refractivity contribution in [2.75, 3.05) is 0 Å². The van der Waals surface area contributed by atoms with E-state index in [-0.39, 0.29) is 23.9 Å². The first kappa shape index (κ1) is 5.76. The molecule has 0 amide bonds. The standard InChI is InChI=1S/C8H7NO2/c1-4-8(11-4)2-5(3-9)6-7(8)10-6/h2,4,6-7H,1H3/t4-,6-,7-,8-/m1/s1. The minimum absolute atomic E-state index is 0.0601. The fraction of sp³-hybridized carbons (Fsp3) is 0.625. The predicted octanol–water partition coefficient (Wildman–Crippen LogP) is 0.375. The molecule has 0 aromatic rings. The second-order valence-corrected chi connectivity index (χ2v) is 3.30. The first-order valence-corrected chi connectivity index (χ1v) is 3.74. The molecule has 56 valence electrons. The van der Waals surface area contributed by atoms with Crippen LogP contribution >= 0.6 is 0 Å². The van der Waals surface area contributed by atoms with Gasteiger partial charge in [-0.25, -0.2) is 0 Å². The lowest BCUT2D eigenvalue weighted by atomic mass is 10.1. The van der Waals surface area contributed by atoms with E-state index in [9.17, 15) is 0 Å². The summed E-state index contributed by atoms with van der Waals surface area (Å²) in [5, 5.41) is 8.66. The normalized spacial score (nSPS) is 56.7. The second kappa shape index (κ2) is 1.36. The zero-order chi connectivity index (χ0) is 7.64. The Bertz CT molecular complexity index is 304. The number of hydrogen-bond donors (Lipinski definition) is 0. The molecule has 3 rings (SSSR count). The van der Waals surface area contributed by atoms with Crippen LogP contribution in [-0.4, -0.2) is 23.9 Å². The fourth-order valence-corrected chi connectivity index (χ4v) is 1.92. The van der Waals surface area contributed by atoms with Crippen LogP contribution in [0.4, 0.5) is 0 Å². The summed E-state index contributed by atoms with van der Waals surface area (Å²) >= 11 is 0. The lowest BCUT2D eigenvalue weighted by molar-refractivity contribution is 0.263. The molecular weight excluding hydrogens is 142 g/mol. The molecule has 0 radical (unpaired) electrons. The highest BCUT2D eigenvalue weighted by atomic mass is 16.7. The summed E-state index contributed by atoms with van der Waals surface area (Å²) in [5.41, 5.74) is 0.551.